The summed E-state index contributed by atoms with van der Waals surface area (Å²) in [5, 5.41) is 5.12. The molecule has 0 spiro atoms. The average Bonchev–Trinajstić information content (AvgIpc) is 2.97. The number of likely N-dealkylation sites (N-methyl/N-ethyl adjacent to an activating group) is 1. The molecule has 0 aliphatic heterocycles. The first-order valence-corrected chi connectivity index (χ1v) is 9.51. The maximum atomic E-state index is 11.9. The van der Waals surface area contributed by atoms with Gasteiger partial charge in [0.2, 0.25) is 0 Å². The Morgan fingerprint density at radius 1 is 1.24 bits per heavy atom. The SMILES string of the molecule is CN(C)CCOc1cc(S(C)(=O)=O)ccc1-n1ncc2cncnc21. The van der Waals surface area contributed by atoms with Gasteiger partial charge < -0.3 is 9.64 Å². The summed E-state index contributed by atoms with van der Waals surface area (Å²) < 4.78 is 31.2. The van der Waals surface area contributed by atoms with Gasteiger partial charge in [-0.1, -0.05) is 0 Å². The van der Waals surface area contributed by atoms with Crippen LogP contribution in [0.1, 0.15) is 0 Å². The standard InChI is InChI=1S/C16H19N5O3S/c1-20(2)6-7-24-15-8-13(25(3,22)23)4-5-14(15)21-16-12(10-19-21)9-17-11-18-16/h4-5,8-11H,6-7H2,1-3H3. The van der Waals surface area contributed by atoms with Crippen LogP contribution >= 0.6 is 0 Å². The molecule has 0 aliphatic carbocycles. The highest BCUT2D eigenvalue weighted by molar-refractivity contribution is 7.90. The van der Waals surface area contributed by atoms with Gasteiger partial charge in [0.15, 0.2) is 15.5 Å². The second kappa shape index (κ2) is 6.77. The van der Waals surface area contributed by atoms with E-state index < -0.39 is 9.84 Å². The Labute approximate surface area is 146 Å². The fourth-order valence-electron chi connectivity index (χ4n) is 2.31. The lowest BCUT2D eigenvalue weighted by atomic mass is 10.3. The predicted molar refractivity (Wildman–Crippen MR) is 93.8 cm³/mol. The second-order valence-electron chi connectivity index (χ2n) is 5.91. The second-order valence-corrected chi connectivity index (χ2v) is 7.93. The molecule has 0 saturated carbocycles. The molecule has 3 aromatic rings. The van der Waals surface area contributed by atoms with E-state index in [1.54, 1.807) is 23.1 Å². The minimum absolute atomic E-state index is 0.196. The summed E-state index contributed by atoms with van der Waals surface area (Å²) in [4.78, 5) is 10.4. The number of benzene rings is 1. The van der Waals surface area contributed by atoms with Crippen molar-refractivity contribution < 1.29 is 13.2 Å². The smallest absolute Gasteiger partial charge is 0.175 e. The van der Waals surface area contributed by atoms with Crippen LogP contribution in [0.5, 0.6) is 5.75 Å². The largest absolute Gasteiger partial charge is 0.490 e. The fourth-order valence-corrected chi connectivity index (χ4v) is 2.94. The summed E-state index contributed by atoms with van der Waals surface area (Å²) in [6, 6.07) is 4.74. The third kappa shape index (κ3) is 3.77. The lowest BCUT2D eigenvalue weighted by Crippen LogP contribution is -2.20. The van der Waals surface area contributed by atoms with Crippen LogP contribution in [0.3, 0.4) is 0 Å². The maximum Gasteiger partial charge on any atom is 0.175 e. The minimum Gasteiger partial charge on any atom is -0.490 e. The normalized spacial score (nSPS) is 12.0. The Balaban J connectivity index is 2.08. The Kier molecular flexibility index (Phi) is 4.69. The molecule has 2 heterocycles. The minimum atomic E-state index is -3.34. The average molecular weight is 361 g/mol. The molecule has 25 heavy (non-hydrogen) atoms. The van der Waals surface area contributed by atoms with E-state index in [4.69, 9.17) is 4.74 Å². The summed E-state index contributed by atoms with van der Waals surface area (Å²) >= 11 is 0. The molecular formula is C16H19N5O3S. The molecule has 2 aromatic heterocycles. The lowest BCUT2D eigenvalue weighted by molar-refractivity contribution is 0.260. The number of sulfone groups is 1. The van der Waals surface area contributed by atoms with Gasteiger partial charge in [0.25, 0.3) is 0 Å². The quantitative estimate of drug-likeness (QED) is 0.651. The molecule has 0 fully saturated rings. The van der Waals surface area contributed by atoms with Gasteiger partial charge in [-0.3, -0.25) is 0 Å². The van der Waals surface area contributed by atoms with Crippen molar-refractivity contribution in [3.63, 3.8) is 0 Å². The summed E-state index contributed by atoms with van der Waals surface area (Å²) in [5.74, 6) is 0.438. The first-order chi connectivity index (χ1) is 11.9. The molecule has 0 radical (unpaired) electrons. The van der Waals surface area contributed by atoms with Crippen LogP contribution in [0.25, 0.3) is 16.7 Å². The molecule has 1 aromatic carbocycles. The van der Waals surface area contributed by atoms with Crippen LogP contribution in [0, 0.1) is 0 Å². The zero-order valence-corrected chi connectivity index (χ0v) is 15.1. The molecule has 0 aliphatic rings. The molecule has 0 atom stereocenters. The third-order valence-corrected chi connectivity index (χ3v) is 4.73. The van der Waals surface area contributed by atoms with E-state index in [0.29, 0.717) is 30.2 Å². The molecule has 0 N–H and O–H groups in total. The summed E-state index contributed by atoms with van der Waals surface area (Å²) in [6.45, 7) is 1.12. The number of fused-ring (bicyclic) bond motifs is 1. The number of hydrogen-bond donors (Lipinski definition) is 0. The number of aromatic nitrogens is 4. The molecular weight excluding hydrogens is 342 g/mol. The van der Waals surface area contributed by atoms with Crippen LogP contribution in [-0.4, -0.2) is 66.6 Å². The molecule has 0 bridgehead atoms. The Morgan fingerprint density at radius 3 is 2.76 bits per heavy atom. The third-order valence-electron chi connectivity index (χ3n) is 3.62. The van der Waals surface area contributed by atoms with E-state index >= 15 is 0 Å². The van der Waals surface area contributed by atoms with Crippen LogP contribution < -0.4 is 4.74 Å². The predicted octanol–water partition coefficient (Wildman–Crippen LogP) is 1.16. The highest BCUT2D eigenvalue weighted by Crippen LogP contribution is 2.28. The molecule has 0 unspecified atom stereocenters. The summed E-state index contributed by atoms with van der Waals surface area (Å²) in [7, 11) is 0.539. The van der Waals surface area contributed by atoms with Gasteiger partial charge in [0, 0.05) is 25.1 Å². The van der Waals surface area contributed by atoms with Crippen molar-refractivity contribution in [2.75, 3.05) is 33.5 Å². The van der Waals surface area contributed by atoms with Gasteiger partial charge in [-0.25, -0.2) is 23.1 Å². The highest BCUT2D eigenvalue weighted by atomic mass is 32.2. The van der Waals surface area contributed by atoms with Gasteiger partial charge >= 0.3 is 0 Å². The van der Waals surface area contributed by atoms with E-state index in [1.807, 2.05) is 19.0 Å². The van der Waals surface area contributed by atoms with Gasteiger partial charge in [-0.2, -0.15) is 5.10 Å². The van der Waals surface area contributed by atoms with Crippen LogP contribution in [0.4, 0.5) is 0 Å². The van der Waals surface area contributed by atoms with Crippen molar-refractivity contribution in [3.05, 3.63) is 36.9 Å². The summed E-state index contributed by atoms with van der Waals surface area (Å²) in [6.07, 6.45) is 5.94. The monoisotopic (exact) mass is 361 g/mol. The first-order valence-electron chi connectivity index (χ1n) is 7.62. The Hall–Kier alpha value is -2.52. The number of nitrogens with zero attached hydrogens (tertiary/aromatic N) is 5. The van der Waals surface area contributed by atoms with Crippen LogP contribution in [-0.2, 0) is 9.84 Å². The van der Waals surface area contributed by atoms with E-state index in [9.17, 15) is 8.42 Å². The van der Waals surface area contributed by atoms with E-state index in [1.165, 1.54) is 24.7 Å². The highest BCUT2D eigenvalue weighted by Gasteiger charge is 2.16. The molecule has 9 heteroatoms. The van der Waals surface area contributed by atoms with Crippen molar-refractivity contribution in [1.82, 2.24) is 24.6 Å². The molecule has 0 amide bonds. The van der Waals surface area contributed by atoms with Gasteiger partial charge in [0.1, 0.15) is 24.4 Å². The Morgan fingerprint density at radius 2 is 2.04 bits per heavy atom. The van der Waals surface area contributed by atoms with E-state index in [0.717, 1.165) is 5.39 Å². The lowest BCUT2D eigenvalue weighted by Gasteiger charge is -2.15. The van der Waals surface area contributed by atoms with Gasteiger partial charge in [0.05, 0.1) is 16.5 Å². The van der Waals surface area contributed by atoms with Crippen LogP contribution in [0.15, 0.2) is 41.8 Å². The zero-order valence-electron chi connectivity index (χ0n) is 14.2. The number of rotatable bonds is 6. The first kappa shape index (κ1) is 17.3. The van der Waals surface area contributed by atoms with Gasteiger partial charge in [-0.05, 0) is 26.2 Å². The fraction of sp³-hybridized carbons (Fsp3) is 0.312. The van der Waals surface area contributed by atoms with Gasteiger partial charge in [-0.15, -0.1) is 0 Å². The van der Waals surface area contributed by atoms with Crippen molar-refractivity contribution in [1.29, 1.82) is 0 Å². The van der Waals surface area contributed by atoms with Crippen molar-refractivity contribution >= 4 is 20.9 Å². The maximum absolute atomic E-state index is 11.9. The summed E-state index contributed by atoms with van der Waals surface area (Å²) in [5.41, 5.74) is 1.25. The molecule has 3 rings (SSSR count). The molecule has 8 nitrogen and oxygen atoms in total. The van der Waals surface area contributed by atoms with Crippen LogP contribution in [0.2, 0.25) is 0 Å². The zero-order chi connectivity index (χ0) is 18.0. The van der Waals surface area contributed by atoms with E-state index in [-0.39, 0.29) is 4.90 Å². The molecule has 0 saturated heterocycles. The van der Waals surface area contributed by atoms with Crippen molar-refractivity contribution in [2.45, 2.75) is 4.90 Å². The number of ether oxygens (including phenoxy) is 1. The van der Waals surface area contributed by atoms with E-state index in [2.05, 4.69) is 15.1 Å². The topological polar surface area (TPSA) is 90.2 Å². The molecule has 132 valence electrons. The van der Waals surface area contributed by atoms with Crippen molar-refractivity contribution in [3.8, 4) is 11.4 Å². The van der Waals surface area contributed by atoms with Crippen molar-refractivity contribution in [2.24, 2.45) is 0 Å². The number of hydrogen-bond acceptors (Lipinski definition) is 7. The Bertz CT molecular complexity index is 998.